The molecule has 0 amide bonds. The Kier molecular flexibility index (Phi) is 5.42. The van der Waals surface area contributed by atoms with Gasteiger partial charge in [0.1, 0.15) is 0 Å². The topological polar surface area (TPSA) is 17.8 Å². The second kappa shape index (κ2) is 7.33. The average Bonchev–Trinajstić information content (AvgIpc) is 3.18. The van der Waals surface area contributed by atoms with Crippen molar-refractivity contribution in [2.45, 2.75) is 42.1 Å². The Morgan fingerprint density at radius 3 is 2.82 bits per heavy atom. The summed E-state index contributed by atoms with van der Waals surface area (Å²) in [6.07, 6.45) is 9.35. The summed E-state index contributed by atoms with van der Waals surface area (Å²) in [7, 11) is 0. The fourth-order valence-electron chi connectivity index (χ4n) is 2.76. The SMILES string of the molecule is CCC1CSC(CCn2ccnc2)(Cc2ccc(Cl)cc2)S1. The summed E-state index contributed by atoms with van der Waals surface area (Å²) in [5, 5.41) is 1.59. The van der Waals surface area contributed by atoms with Crippen LogP contribution in [0.5, 0.6) is 0 Å². The summed E-state index contributed by atoms with van der Waals surface area (Å²) >= 11 is 10.3. The van der Waals surface area contributed by atoms with Crippen LogP contribution >= 0.6 is 35.1 Å². The van der Waals surface area contributed by atoms with Gasteiger partial charge in [-0.2, -0.15) is 0 Å². The van der Waals surface area contributed by atoms with E-state index in [0.29, 0.717) is 0 Å². The third-order valence-electron chi connectivity index (χ3n) is 4.07. The molecule has 0 N–H and O–H groups in total. The Hall–Kier alpha value is -0.580. The molecule has 1 aromatic heterocycles. The molecule has 5 heteroatoms. The number of rotatable bonds is 6. The van der Waals surface area contributed by atoms with Crippen LogP contribution in [0.4, 0.5) is 0 Å². The van der Waals surface area contributed by atoms with Gasteiger partial charge in [0.05, 0.1) is 10.4 Å². The van der Waals surface area contributed by atoms with E-state index in [4.69, 9.17) is 11.6 Å². The summed E-state index contributed by atoms with van der Waals surface area (Å²) in [6.45, 7) is 3.33. The van der Waals surface area contributed by atoms with Crippen molar-refractivity contribution in [1.29, 1.82) is 0 Å². The highest BCUT2D eigenvalue weighted by atomic mass is 35.5. The molecule has 1 aliphatic rings. The third kappa shape index (κ3) is 4.03. The molecular weight excluding hydrogens is 332 g/mol. The molecule has 0 spiro atoms. The Bertz CT molecular complexity index is 585. The van der Waals surface area contributed by atoms with Gasteiger partial charge in [0.25, 0.3) is 0 Å². The van der Waals surface area contributed by atoms with E-state index in [1.54, 1.807) is 0 Å². The molecule has 22 heavy (non-hydrogen) atoms. The van der Waals surface area contributed by atoms with Gasteiger partial charge in [-0.15, -0.1) is 23.5 Å². The lowest BCUT2D eigenvalue weighted by molar-refractivity contribution is 0.597. The zero-order valence-electron chi connectivity index (χ0n) is 12.7. The van der Waals surface area contributed by atoms with E-state index < -0.39 is 0 Å². The minimum atomic E-state index is 0.277. The average molecular weight is 353 g/mol. The fraction of sp³-hybridized carbons (Fsp3) is 0.471. The fourth-order valence-corrected chi connectivity index (χ4v) is 6.71. The number of imidazole rings is 1. The number of thioether (sulfide) groups is 2. The maximum absolute atomic E-state index is 6.02. The minimum absolute atomic E-state index is 0.277. The van der Waals surface area contributed by atoms with Gasteiger partial charge in [0.15, 0.2) is 0 Å². The Balaban J connectivity index is 1.72. The number of hydrogen-bond donors (Lipinski definition) is 0. The van der Waals surface area contributed by atoms with Crippen LogP contribution < -0.4 is 0 Å². The van der Waals surface area contributed by atoms with Gasteiger partial charge < -0.3 is 4.57 Å². The second-order valence-corrected chi connectivity index (χ2v) is 9.51. The highest BCUT2D eigenvalue weighted by Gasteiger charge is 2.39. The van der Waals surface area contributed by atoms with E-state index >= 15 is 0 Å². The Morgan fingerprint density at radius 2 is 2.18 bits per heavy atom. The molecule has 2 aromatic rings. The van der Waals surface area contributed by atoms with Crippen LogP contribution in [-0.4, -0.2) is 24.6 Å². The second-order valence-electron chi connectivity index (χ2n) is 5.72. The molecule has 2 nitrogen and oxygen atoms in total. The van der Waals surface area contributed by atoms with Crippen molar-refractivity contribution in [3.63, 3.8) is 0 Å². The lowest BCUT2D eigenvalue weighted by Crippen LogP contribution is -2.23. The molecule has 0 saturated carbocycles. The van der Waals surface area contributed by atoms with Crippen LogP contribution in [0.15, 0.2) is 43.0 Å². The normalized spacial score (nSPS) is 24.7. The smallest absolute Gasteiger partial charge is 0.0945 e. The molecule has 1 aromatic carbocycles. The molecular formula is C17H21ClN2S2. The molecule has 1 saturated heterocycles. The monoisotopic (exact) mass is 352 g/mol. The van der Waals surface area contributed by atoms with Crippen LogP contribution in [0.2, 0.25) is 5.02 Å². The first-order chi connectivity index (χ1) is 10.7. The Morgan fingerprint density at radius 1 is 1.36 bits per heavy atom. The van der Waals surface area contributed by atoms with Crippen molar-refractivity contribution in [2.75, 3.05) is 5.75 Å². The molecule has 118 valence electrons. The zero-order chi connectivity index (χ0) is 15.4. The maximum atomic E-state index is 6.02. The maximum Gasteiger partial charge on any atom is 0.0945 e. The highest BCUT2D eigenvalue weighted by Crippen LogP contribution is 2.53. The molecule has 2 unspecified atom stereocenters. The number of benzene rings is 1. The first kappa shape index (κ1) is 16.3. The van der Waals surface area contributed by atoms with Gasteiger partial charge in [-0.1, -0.05) is 30.7 Å². The van der Waals surface area contributed by atoms with Crippen LogP contribution in [0.25, 0.3) is 0 Å². The summed E-state index contributed by atoms with van der Waals surface area (Å²) in [5.74, 6) is 1.26. The van der Waals surface area contributed by atoms with Crippen molar-refractivity contribution in [2.24, 2.45) is 0 Å². The first-order valence-corrected chi connectivity index (χ1v) is 9.95. The predicted octanol–water partition coefficient (Wildman–Crippen LogP) is 5.12. The largest absolute Gasteiger partial charge is 0.337 e. The summed E-state index contributed by atoms with van der Waals surface area (Å²) in [6, 6.07) is 8.34. The summed E-state index contributed by atoms with van der Waals surface area (Å²) < 4.78 is 2.46. The summed E-state index contributed by atoms with van der Waals surface area (Å²) in [4.78, 5) is 4.15. The van der Waals surface area contributed by atoms with Crippen LogP contribution in [-0.2, 0) is 13.0 Å². The lowest BCUT2D eigenvalue weighted by Gasteiger charge is -2.28. The number of hydrogen-bond acceptors (Lipinski definition) is 3. The number of aromatic nitrogens is 2. The third-order valence-corrected chi connectivity index (χ3v) is 8.23. The van der Waals surface area contributed by atoms with Crippen LogP contribution in [0.3, 0.4) is 0 Å². The van der Waals surface area contributed by atoms with E-state index in [0.717, 1.165) is 29.7 Å². The first-order valence-electron chi connectivity index (χ1n) is 7.71. The molecule has 0 bridgehead atoms. The predicted molar refractivity (Wildman–Crippen MR) is 98.9 cm³/mol. The van der Waals surface area contributed by atoms with Gasteiger partial charge in [0.2, 0.25) is 0 Å². The van der Waals surface area contributed by atoms with E-state index in [-0.39, 0.29) is 4.08 Å². The molecule has 2 heterocycles. The standard InChI is InChI=1S/C17H21ClN2S2/c1-2-16-12-21-17(22-16,7-9-20-10-8-19-13-20)11-14-3-5-15(18)6-4-14/h3-6,8,10,13,16H,2,7,9,11-12H2,1H3. The molecule has 1 aliphatic heterocycles. The van der Waals surface area contributed by atoms with Gasteiger partial charge >= 0.3 is 0 Å². The minimum Gasteiger partial charge on any atom is -0.337 e. The highest BCUT2D eigenvalue weighted by molar-refractivity contribution is 8.21. The zero-order valence-corrected chi connectivity index (χ0v) is 15.1. The van der Waals surface area contributed by atoms with E-state index in [2.05, 4.69) is 58.3 Å². The van der Waals surface area contributed by atoms with E-state index in [1.807, 2.05) is 24.7 Å². The quantitative estimate of drug-likeness (QED) is 0.718. The Labute approximate surface area is 146 Å². The van der Waals surface area contributed by atoms with Crippen LogP contribution in [0.1, 0.15) is 25.3 Å². The van der Waals surface area contributed by atoms with Gasteiger partial charge in [-0.05, 0) is 37.0 Å². The molecule has 0 radical (unpaired) electrons. The van der Waals surface area contributed by atoms with Crippen molar-refractivity contribution in [1.82, 2.24) is 9.55 Å². The van der Waals surface area contributed by atoms with E-state index in [9.17, 15) is 0 Å². The number of nitrogens with zero attached hydrogens (tertiary/aromatic N) is 2. The molecule has 3 rings (SSSR count). The molecule has 1 fully saturated rings. The van der Waals surface area contributed by atoms with Gasteiger partial charge in [-0.3, -0.25) is 0 Å². The van der Waals surface area contributed by atoms with Gasteiger partial charge in [-0.25, -0.2) is 4.98 Å². The lowest BCUT2D eigenvalue weighted by atomic mass is 10.1. The summed E-state index contributed by atoms with van der Waals surface area (Å²) in [5.41, 5.74) is 1.38. The van der Waals surface area contributed by atoms with E-state index in [1.165, 1.54) is 17.7 Å². The van der Waals surface area contributed by atoms with Crippen LogP contribution in [0, 0.1) is 0 Å². The van der Waals surface area contributed by atoms with Crippen molar-refractivity contribution >= 4 is 35.1 Å². The molecule has 2 atom stereocenters. The number of halogens is 1. The van der Waals surface area contributed by atoms with Crippen molar-refractivity contribution < 1.29 is 0 Å². The van der Waals surface area contributed by atoms with Gasteiger partial charge in [0, 0.05) is 35.0 Å². The van der Waals surface area contributed by atoms with Crippen molar-refractivity contribution in [3.05, 3.63) is 53.6 Å². The molecule has 0 aliphatic carbocycles. The van der Waals surface area contributed by atoms with Crippen molar-refractivity contribution in [3.8, 4) is 0 Å². The number of aryl methyl sites for hydroxylation is 1.